The summed E-state index contributed by atoms with van der Waals surface area (Å²) in [7, 11) is 1.54. The molecule has 5 rings (SSSR count). The van der Waals surface area contributed by atoms with Crippen molar-refractivity contribution in [3.63, 3.8) is 0 Å². The van der Waals surface area contributed by atoms with Gasteiger partial charge in [0.15, 0.2) is 0 Å². The van der Waals surface area contributed by atoms with Gasteiger partial charge in [0.1, 0.15) is 0 Å². The van der Waals surface area contributed by atoms with E-state index in [-0.39, 0.29) is 5.97 Å². The number of ether oxygens (including phenoxy) is 1. The summed E-state index contributed by atoms with van der Waals surface area (Å²) in [4.78, 5) is 11.8. The molecule has 0 bridgehead atoms. The van der Waals surface area contributed by atoms with E-state index >= 15 is 0 Å². The van der Waals surface area contributed by atoms with Gasteiger partial charge in [-0.2, -0.15) is 0 Å². The van der Waals surface area contributed by atoms with Crippen LogP contribution in [0.1, 0.15) is 91.4 Å². The minimum absolute atomic E-state index is 0.00470. The number of hydrogen-bond acceptors (Lipinski definition) is 2. The van der Waals surface area contributed by atoms with Gasteiger partial charge in [0.05, 0.1) is 7.11 Å². The zero-order valence-electron chi connectivity index (χ0n) is 18.7. The average Bonchev–Trinajstić information content (AvgIpc) is 3.17. The van der Waals surface area contributed by atoms with E-state index in [0.717, 1.165) is 53.8 Å². The molecule has 2 heteroatoms. The summed E-state index contributed by atoms with van der Waals surface area (Å²) in [6.07, 6.45) is 15.0. The Balaban J connectivity index is 1.40. The van der Waals surface area contributed by atoms with Gasteiger partial charge < -0.3 is 4.74 Å². The summed E-state index contributed by atoms with van der Waals surface area (Å²) in [5.74, 6) is 7.48. The van der Waals surface area contributed by atoms with Crippen molar-refractivity contribution < 1.29 is 9.53 Å². The Morgan fingerprint density at radius 2 is 1.71 bits per heavy atom. The molecular formula is C26H42O2. The van der Waals surface area contributed by atoms with Crippen molar-refractivity contribution in [2.24, 2.45) is 58.2 Å². The largest absolute Gasteiger partial charge is 0.469 e. The van der Waals surface area contributed by atoms with E-state index in [0.29, 0.717) is 17.3 Å². The molecular weight excluding hydrogens is 344 g/mol. The van der Waals surface area contributed by atoms with Crippen molar-refractivity contribution in [2.75, 3.05) is 7.11 Å². The predicted molar refractivity (Wildman–Crippen MR) is 113 cm³/mol. The molecule has 0 spiro atoms. The van der Waals surface area contributed by atoms with Crippen LogP contribution in [0.2, 0.25) is 0 Å². The molecule has 5 aliphatic carbocycles. The first-order valence-corrected chi connectivity index (χ1v) is 12.4. The summed E-state index contributed by atoms with van der Waals surface area (Å²) < 4.78 is 4.95. The van der Waals surface area contributed by atoms with Crippen molar-refractivity contribution in [2.45, 2.75) is 91.4 Å². The van der Waals surface area contributed by atoms with Crippen LogP contribution in [0, 0.1) is 58.2 Å². The number of carbonyl (C=O) groups is 1. The molecule has 0 amide bonds. The molecule has 2 nitrogen and oxygen atoms in total. The molecule has 5 fully saturated rings. The first kappa shape index (κ1) is 19.4. The topological polar surface area (TPSA) is 26.3 Å². The Bertz CT molecular complexity index is 628. The minimum atomic E-state index is -0.00470. The monoisotopic (exact) mass is 386 g/mol. The molecule has 0 aromatic carbocycles. The SMILES string of the molecule is COC(=O)CC[C@H]1C[C@H]2CC3C(CC[C@@H]4CC(C)CC[C@]34C)C3CCC1[C@]32C. The fourth-order valence-electron chi connectivity index (χ4n) is 10.0. The third kappa shape index (κ3) is 2.61. The second kappa shape index (κ2) is 6.74. The quantitative estimate of drug-likeness (QED) is 0.519. The van der Waals surface area contributed by atoms with Gasteiger partial charge in [-0.1, -0.05) is 27.2 Å². The molecule has 0 aromatic heterocycles. The van der Waals surface area contributed by atoms with Gasteiger partial charge in [0.2, 0.25) is 0 Å². The van der Waals surface area contributed by atoms with Gasteiger partial charge in [-0.15, -0.1) is 0 Å². The van der Waals surface area contributed by atoms with Crippen molar-refractivity contribution >= 4 is 5.97 Å². The van der Waals surface area contributed by atoms with E-state index in [2.05, 4.69) is 20.8 Å². The van der Waals surface area contributed by atoms with Crippen LogP contribution < -0.4 is 0 Å². The number of esters is 1. The third-order valence-electron chi connectivity index (χ3n) is 11.4. The van der Waals surface area contributed by atoms with E-state index in [9.17, 15) is 4.79 Å². The van der Waals surface area contributed by atoms with Crippen LogP contribution in [-0.2, 0) is 9.53 Å². The normalized spacial score (nSPS) is 54.6. The van der Waals surface area contributed by atoms with E-state index in [1.165, 1.54) is 64.9 Å². The highest BCUT2D eigenvalue weighted by molar-refractivity contribution is 5.69. The van der Waals surface area contributed by atoms with Gasteiger partial charge >= 0.3 is 5.97 Å². The highest BCUT2D eigenvalue weighted by atomic mass is 16.5. The lowest BCUT2D eigenvalue weighted by atomic mass is 9.43. The second-order valence-electron chi connectivity index (χ2n) is 12.1. The highest BCUT2D eigenvalue weighted by Gasteiger charge is 2.66. The van der Waals surface area contributed by atoms with Gasteiger partial charge in [-0.3, -0.25) is 4.79 Å². The molecule has 0 radical (unpaired) electrons. The Hall–Kier alpha value is -0.530. The molecule has 5 saturated carbocycles. The number of hydrogen-bond donors (Lipinski definition) is 0. The second-order valence-corrected chi connectivity index (χ2v) is 12.1. The van der Waals surface area contributed by atoms with Crippen LogP contribution in [-0.4, -0.2) is 13.1 Å². The molecule has 0 N–H and O–H groups in total. The summed E-state index contributed by atoms with van der Waals surface area (Å²) in [5, 5.41) is 0. The van der Waals surface area contributed by atoms with E-state index < -0.39 is 0 Å². The Morgan fingerprint density at radius 3 is 2.50 bits per heavy atom. The van der Waals surface area contributed by atoms with Crippen molar-refractivity contribution in [3.05, 3.63) is 0 Å². The lowest BCUT2D eigenvalue weighted by Crippen LogP contribution is -2.55. The maximum Gasteiger partial charge on any atom is 0.305 e. The summed E-state index contributed by atoms with van der Waals surface area (Å²) in [5.41, 5.74) is 1.20. The van der Waals surface area contributed by atoms with Crippen LogP contribution in [0.5, 0.6) is 0 Å². The summed E-state index contributed by atoms with van der Waals surface area (Å²) in [6.45, 7) is 7.89. The number of carbonyl (C=O) groups excluding carboxylic acids is 1. The molecule has 0 aromatic rings. The Morgan fingerprint density at radius 1 is 0.929 bits per heavy atom. The van der Waals surface area contributed by atoms with Crippen molar-refractivity contribution in [3.8, 4) is 0 Å². The van der Waals surface area contributed by atoms with E-state index in [4.69, 9.17) is 4.74 Å². The molecule has 5 aliphatic rings. The molecule has 5 unspecified atom stereocenters. The molecule has 0 heterocycles. The first-order chi connectivity index (χ1) is 13.4. The number of fused-ring (bicyclic) bond motifs is 4. The van der Waals surface area contributed by atoms with Crippen molar-refractivity contribution in [1.29, 1.82) is 0 Å². The molecule has 158 valence electrons. The fourth-order valence-corrected chi connectivity index (χ4v) is 10.0. The molecule has 0 aliphatic heterocycles. The Labute approximate surface area is 172 Å². The van der Waals surface area contributed by atoms with Crippen LogP contribution in [0.3, 0.4) is 0 Å². The van der Waals surface area contributed by atoms with Gasteiger partial charge in [0, 0.05) is 6.42 Å². The number of rotatable bonds is 3. The molecule has 0 saturated heterocycles. The maximum atomic E-state index is 11.8. The predicted octanol–water partition coefficient (Wildman–Crippen LogP) is 6.48. The highest BCUT2D eigenvalue weighted by Crippen LogP contribution is 2.74. The maximum absolute atomic E-state index is 11.8. The Kier molecular flexibility index (Phi) is 4.68. The fraction of sp³-hybridized carbons (Fsp3) is 0.962. The van der Waals surface area contributed by atoms with Gasteiger partial charge in [-0.25, -0.2) is 0 Å². The first-order valence-electron chi connectivity index (χ1n) is 12.4. The number of methoxy groups -OCH3 is 1. The smallest absolute Gasteiger partial charge is 0.305 e. The van der Waals surface area contributed by atoms with Crippen LogP contribution in [0.15, 0.2) is 0 Å². The van der Waals surface area contributed by atoms with Crippen molar-refractivity contribution in [1.82, 2.24) is 0 Å². The standard InChI is InChI=1S/C26H42O2/c1-16-11-12-25(2)18(13-16)6-7-20-22-9-8-21-17(5-10-24(27)28-4)14-19(15-23(20)25)26(21,22)3/h16-23H,5-15H2,1-4H3/t16?,17-,18+,19-,20?,21?,22?,23?,25-,26+/m0/s1. The lowest BCUT2D eigenvalue weighted by Gasteiger charge is -2.62. The van der Waals surface area contributed by atoms with Gasteiger partial charge in [0.25, 0.3) is 0 Å². The minimum Gasteiger partial charge on any atom is -0.469 e. The lowest BCUT2D eigenvalue weighted by molar-refractivity contribution is -0.141. The zero-order chi connectivity index (χ0) is 19.7. The van der Waals surface area contributed by atoms with E-state index in [1.807, 2.05) is 0 Å². The summed E-state index contributed by atoms with van der Waals surface area (Å²) >= 11 is 0. The molecule has 10 atom stereocenters. The molecule has 28 heavy (non-hydrogen) atoms. The summed E-state index contributed by atoms with van der Waals surface area (Å²) in [6, 6.07) is 0. The van der Waals surface area contributed by atoms with Crippen LogP contribution in [0.4, 0.5) is 0 Å². The van der Waals surface area contributed by atoms with Gasteiger partial charge in [-0.05, 0) is 116 Å². The third-order valence-corrected chi connectivity index (χ3v) is 11.4. The van der Waals surface area contributed by atoms with E-state index in [1.54, 1.807) is 0 Å². The van der Waals surface area contributed by atoms with Crippen LogP contribution in [0.25, 0.3) is 0 Å². The zero-order valence-corrected chi connectivity index (χ0v) is 18.7. The average molecular weight is 387 g/mol. The van der Waals surface area contributed by atoms with Crippen LogP contribution >= 0.6 is 0 Å².